The predicted molar refractivity (Wildman–Crippen MR) is 92.0 cm³/mol. The third-order valence-corrected chi connectivity index (χ3v) is 5.77. The Kier molecular flexibility index (Phi) is 4.32. The van der Waals surface area contributed by atoms with Crippen LogP contribution in [-0.4, -0.2) is 25.1 Å². The molecule has 1 atom stereocenters. The molecule has 1 aromatic carbocycles. The number of hydrogen-bond acceptors (Lipinski definition) is 5. The number of aryl methyl sites for hydroxylation is 1. The van der Waals surface area contributed by atoms with Crippen LogP contribution in [-0.2, 0) is 14.6 Å². The molecular formula is C16H16N2O3S2. The van der Waals surface area contributed by atoms with E-state index in [-0.39, 0.29) is 24.0 Å². The first-order valence-electron chi connectivity index (χ1n) is 7.15. The largest absolute Gasteiger partial charge is 0.302 e. The van der Waals surface area contributed by atoms with Crippen molar-refractivity contribution < 1.29 is 13.2 Å². The Hall–Kier alpha value is -1.99. The molecule has 0 bridgehead atoms. The zero-order valence-corrected chi connectivity index (χ0v) is 14.2. The highest BCUT2D eigenvalue weighted by Crippen LogP contribution is 2.26. The predicted octanol–water partition coefficient (Wildman–Crippen LogP) is 3.01. The number of hydrogen-bond donors (Lipinski definition) is 1. The van der Waals surface area contributed by atoms with Gasteiger partial charge in [0.2, 0.25) is 5.91 Å². The van der Waals surface area contributed by atoms with Gasteiger partial charge in [-0.15, -0.1) is 11.3 Å². The molecule has 3 rings (SSSR count). The first-order valence-corrected chi connectivity index (χ1v) is 9.74. The third kappa shape index (κ3) is 4.05. The summed E-state index contributed by atoms with van der Waals surface area (Å²) in [6.45, 7) is 2.02. The van der Waals surface area contributed by atoms with E-state index in [1.807, 2.05) is 36.6 Å². The van der Waals surface area contributed by atoms with Gasteiger partial charge in [0.25, 0.3) is 0 Å². The average molecular weight is 348 g/mol. The van der Waals surface area contributed by atoms with Crippen LogP contribution < -0.4 is 5.32 Å². The van der Waals surface area contributed by atoms with E-state index in [2.05, 4.69) is 10.3 Å². The maximum atomic E-state index is 12.0. The normalized spacial score (nSPS) is 18.9. The molecule has 1 aliphatic heterocycles. The van der Waals surface area contributed by atoms with Gasteiger partial charge in [-0.25, -0.2) is 13.4 Å². The summed E-state index contributed by atoms with van der Waals surface area (Å²) >= 11 is 1.36. The number of carbonyl (C=O) groups excluding carboxylic acids is 1. The zero-order valence-electron chi connectivity index (χ0n) is 12.5. The van der Waals surface area contributed by atoms with Gasteiger partial charge in [0, 0.05) is 28.7 Å². The molecule has 1 unspecified atom stereocenters. The third-order valence-electron chi connectivity index (χ3n) is 3.55. The van der Waals surface area contributed by atoms with Crippen LogP contribution in [0.3, 0.4) is 0 Å². The number of sulfone groups is 1. The van der Waals surface area contributed by atoms with E-state index in [1.165, 1.54) is 22.3 Å². The lowest BCUT2D eigenvalue weighted by Crippen LogP contribution is -2.17. The molecule has 0 saturated carbocycles. The molecule has 5 nitrogen and oxygen atoms in total. The Morgan fingerprint density at radius 3 is 2.74 bits per heavy atom. The molecule has 120 valence electrons. The lowest BCUT2D eigenvalue weighted by atomic mass is 10.1. The van der Waals surface area contributed by atoms with Crippen molar-refractivity contribution in [2.75, 3.05) is 11.1 Å². The number of allylic oxidation sites excluding steroid dienone is 1. The quantitative estimate of drug-likeness (QED) is 0.921. The lowest BCUT2D eigenvalue weighted by Gasteiger charge is -2.05. The number of amides is 1. The van der Waals surface area contributed by atoms with Gasteiger partial charge in [0.05, 0.1) is 11.4 Å². The second kappa shape index (κ2) is 6.25. The topological polar surface area (TPSA) is 76.1 Å². The molecule has 2 heterocycles. The number of aromatic nitrogens is 1. The van der Waals surface area contributed by atoms with Crippen LogP contribution in [0.4, 0.5) is 5.13 Å². The van der Waals surface area contributed by atoms with Crippen LogP contribution in [0.2, 0.25) is 0 Å². The Labute approximate surface area is 139 Å². The Bertz CT molecular complexity index is 852. The summed E-state index contributed by atoms with van der Waals surface area (Å²) in [5, 5.41) is 6.33. The van der Waals surface area contributed by atoms with Crippen LogP contribution in [0.1, 0.15) is 12.0 Å². The van der Waals surface area contributed by atoms with Gasteiger partial charge in [0.1, 0.15) is 0 Å². The maximum absolute atomic E-state index is 12.0. The summed E-state index contributed by atoms with van der Waals surface area (Å²) in [6.07, 6.45) is 1.73. The number of thiazole rings is 1. The van der Waals surface area contributed by atoms with Gasteiger partial charge in [-0.05, 0) is 6.92 Å². The van der Waals surface area contributed by atoms with E-state index < -0.39 is 9.84 Å². The molecular weight excluding hydrogens is 332 g/mol. The van der Waals surface area contributed by atoms with Crippen molar-refractivity contribution in [3.8, 4) is 11.3 Å². The zero-order chi connectivity index (χ0) is 16.4. The van der Waals surface area contributed by atoms with Crippen LogP contribution in [0.5, 0.6) is 0 Å². The van der Waals surface area contributed by atoms with E-state index in [0.717, 1.165) is 11.3 Å². The Balaban J connectivity index is 1.62. The van der Waals surface area contributed by atoms with Gasteiger partial charge >= 0.3 is 0 Å². The number of nitrogens with one attached hydrogen (secondary N) is 1. The highest BCUT2D eigenvalue weighted by molar-refractivity contribution is 7.94. The van der Waals surface area contributed by atoms with Crippen LogP contribution in [0, 0.1) is 12.8 Å². The SMILES string of the molecule is Cc1ccc(-c2csc(NC(=O)CC3C=CS(=O)(=O)C3)n2)cc1. The minimum Gasteiger partial charge on any atom is -0.302 e. The molecule has 0 saturated heterocycles. The summed E-state index contributed by atoms with van der Waals surface area (Å²) in [4.78, 5) is 16.4. The average Bonchev–Trinajstić information content (AvgIpc) is 3.06. The van der Waals surface area contributed by atoms with E-state index >= 15 is 0 Å². The number of carbonyl (C=O) groups is 1. The van der Waals surface area contributed by atoms with E-state index in [4.69, 9.17) is 0 Å². The first-order chi connectivity index (χ1) is 10.9. The minimum absolute atomic E-state index is 0.00685. The summed E-state index contributed by atoms with van der Waals surface area (Å²) in [5.74, 6) is -0.467. The highest BCUT2D eigenvalue weighted by atomic mass is 32.2. The fraction of sp³-hybridized carbons (Fsp3) is 0.250. The number of anilines is 1. The lowest BCUT2D eigenvalue weighted by molar-refractivity contribution is -0.116. The molecule has 0 aliphatic carbocycles. The molecule has 2 aromatic rings. The molecule has 0 spiro atoms. The summed E-state index contributed by atoms with van der Waals surface area (Å²) in [7, 11) is -3.12. The summed E-state index contributed by atoms with van der Waals surface area (Å²) in [6, 6.07) is 8.01. The van der Waals surface area contributed by atoms with E-state index in [1.54, 1.807) is 6.08 Å². The van der Waals surface area contributed by atoms with Crippen molar-refractivity contribution in [2.24, 2.45) is 5.92 Å². The van der Waals surface area contributed by atoms with Gasteiger partial charge in [-0.2, -0.15) is 0 Å². The van der Waals surface area contributed by atoms with Crippen molar-refractivity contribution in [1.82, 2.24) is 4.98 Å². The smallest absolute Gasteiger partial charge is 0.226 e. The molecule has 0 radical (unpaired) electrons. The second-order valence-corrected chi connectivity index (χ2v) is 8.36. The highest BCUT2D eigenvalue weighted by Gasteiger charge is 2.24. The van der Waals surface area contributed by atoms with Gasteiger partial charge in [-0.1, -0.05) is 35.9 Å². The molecule has 23 heavy (non-hydrogen) atoms. The second-order valence-electron chi connectivity index (χ2n) is 5.57. The standard InChI is InChI=1S/C16H16N2O3S2/c1-11-2-4-13(5-3-11)14-9-22-16(17-14)18-15(19)8-12-6-7-23(20,21)10-12/h2-7,9,12H,8,10H2,1H3,(H,17,18,19). The van der Waals surface area contributed by atoms with Crippen molar-refractivity contribution in [3.63, 3.8) is 0 Å². The molecule has 7 heteroatoms. The summed E-state index contributed by atoms with van der Waals surface area (Å²) in [5.41, 5.74) is 2.99. The van der Waals surface area contributed by atoms with Gasteiger partial charge in [0.15, 0.2) is 15.0 Å². The summed E-state index contributed by atoms with van der Waals surface area (Å²) < 4.78 is 22.7. The van der Waals surface area contributed by atoms with Crippen LogP contribution in [0.15, 0.2) is 41.1 Å². The fourth-order valence-electron chi connectivity index (χ4n) is 2.36. The Morgan fingerprint density at radius 1 is 1.35 bits per heavy atom. The van der Waals surface area contributed by atoms with Crippen molar-refractivity contribution in [2.45, 2.75) is 13.3 Å². The van der Waals surface area contributed by atoms with Crippen molar-refractivity contribution in [3.05, 3.63) is 46.7 Å². The molecule has 1 aromatic heterocycles. The Morgan fingerprint density at radius 2 is 2.09 bits per heavy atom. The van der Waals surface area contributed by atoms with E-state index in [9.17, 15) is 13.2 Å². The first kappa shape index (κ1) is 15.9. The molecule has 1 N–H and O–H groups in total. The molecule has 0 fully saturated rings. The van der Waals surface area contributed by atoms with E-state index in [0.29, 0.717) is 5.13 Å². The minimum atomic E-state index is -3.12. The van der Waals surface area contributed by atoms with Crippen LogP contribution >= 0.6 is 11.3 Å². The maximum Gasteiger partial charge on any atom is 0.226 e. The van der Waals surface area contributed by atoms with Crippen molar-refractivity contribution >= 4 is 32.2 Å². The molecule has 1 amide bonds. The number of rotatable bonds is 4. The molecule has 1 aliphatic rings. The van der Waals surface area contributed by atoms with Crippen molar-refractivity contribution in [1.29, 1.82) is 0 Å². The van der Waals surface area contributed by atoms with Crippen LogP contribution in [0.25, 0.3) is 11.3 Å². The number of nitrogens with zero attached hydrogens (tertiary/aromatic N) is 1. The van der Waals surface area contributed by atoms with Gasteiger partial charge < -0.3 is 5.32 Å². The fourth-order valence-corrected chi connectivity index (χ4v) is 4.50. The van der Waals surface area contributed by atoms with Gasteiger partial charge in [-0.3, -0.25) is 4.79 Å². The number of benzene rings is 1. The monoisotopic (exact) mass is 348 g/mol.